The summed E-state index contributed by atoms with van der Waals surface area (Å²) in [5, 5.41) is 3.49. The van der Waals surface area contributed by atoms with Gasteiger partial charge < -0.3 is 20.7 Å². The van der Waals surface area contributed by atoms with E-state index < -0.39 is 33.0 Å². The van der Waals surface area contributed by atoms with Crippen LogP contribution >= 0.6 is 11.3 Å². The van der Waals surface area contributed by atoms with E-state index in [9.17, 15) is 22.0 Å². The second kappa shape index (κ2) is 11.1. The summed E-state index contributed by atoms with van der Waals surface area (Å²) in [7, 11) is -1.71. The number of hydrogen-bond donors (Lipinski definition) is 2. The molecule has 0 spiro atoms. The van der Waals surface area contributed by atoms with E-state index in [0.717, 1.165) is 43.0 Å². The predicted molar refractivity (Wildman–Crippen MR) is 142 cm³/mol. The first-order chi connectivity index (χ1) is 18.6. The van der Waals surface area contributed by atoms with E-state index in [2.05, 4.69) is 20.2 Å². The van der Waals surface area contributed by atoms with Crippen molar-refractivity contribution < 1.29 is 26.7 Å². The number of rotatable bonds is 8. The average molecular weight is 579 g/mol. The molecule has 0 radical (unpaired) electrons. The van der Waals surface area contributed by atoms with Crippen LogP contribution in [0.5, 0.6) is 5.88 Å². The molecule has 2 aromatic heterocycles. The number of ether oxygens (including phenoxy) is 1. The Bertz CT molecular complexity index is 1440. The smallest absolute Gasteiger partial charge is 0.244 e. The lowest BCUT2D eigenvalue weighted by atomic mass is 10.1. The van der Waals surface area contributed by atoms with Gasteiger partial charge in [0, 0.05) is 38.3 Å². The van der Waals surface area contributed by atoms with Crippen molar-refractivity contribution >= 4 is 38.1 Å². The molecule has 3 N–H and O–H groups in total. The highest BCUT2D eigenvalue weighted by Gasteiger charge is 2.31. The molecule has 0 saturated carbocycles. The minimum absolute atomic E-state index is 0.0412. The number of nitrogens with zero attached hydrogens (tertiary/aromatic N) is 4. The van der Waals surface area contributed by atoms with Crippen LogP contribution in [0, 0.1) is 11.6 Å². The van der Waals surface area contributed by atoms with Gasteiger partial charge in [0.1, 0.15) is 33.3 Å². The van der Waals surface area contributed by atoms with Crippen molar-refractivity contribution in [2.24, 2.45) is 0 Å². The molecule has 0 unspecified atom stereocenters. The first kappa shape index (κ1) is 27.4. The zero-order valence-electron chi connectivity index (χ0n) is 21.1. The molecule has 3 aromatic rings. The molecule has 14 heteroatoms. The molecule has 0 aliphatic carbocycles. The maximum atomic E-state index is 14.1. The van der Waals surface area contributed by atoms with E-state index >= 15 is 0 Å². The Balaban J connectivity index is 1.18. The first-order valence-electron chi connectivity index (χ1n) is 12.4. The van der Waals surface area contributed by atoms with E-state index in [1.54, 1.807) is 6.07 Å². The highest BCUT2D eigenvalue weighted by molar-refractivity contribution is 7.89. The van der Waals surface area contributed by atoms with Gasteiger partial charge >= 0.3 is 0 Å². The maximum Gasteiger partial charge on any atom is 0.244 e. The Hall–Kier alpha value is -3.20. The number of halogens is 2. The molecule has 2 saturated heterocycles. The quantitative estimate of drug-likeness (QED) is 0.388. The van der Waals surface area contributed by atoms with Crippen molar-refractivity contribution in [2.45, 2.75) is 36.3 Å². The zero-order valence-corrected chi connectivity index (χ0v) is 22.8. The van der Waals surface area contributed by atoms with Gasteiger partial charge in [-0.1, -0.05) is 17.4 Å². The lowest BCUT2D eigenvalue weighted by Gasteiger charge is -2.31. The summed E-state index contributed by atoms with van der Waals surface area (Å²) < 4.78 is 61.7. The highest BCUT2D eigenvalue weighted by atomic mass is 32.2. The zero-order chi connectivity index (χ0) is 27.7. The molecule has 2 aliphatic heterocycles. The van der Waals surface area contributed by atoms with E-state index in [1.165, 1.54) is 22.6 Å². The molecule has 39 heavy (non-hydrogen) atoms. The van der Waals surface area contributed by atoms with Crippen LogP contribution in [0.3, 0.4) is 0 Å². The normalized spacial score (nSPS) is 19.3. The molecule has 0 bridgehead atoms. The summed E-state index contributed by atoms with van der Waals surface area (Å²) in [6.45, 7) is 2.28. The lowest BCUT2D eigenvalue weighted by molar-refractivity contribution is 0.103. The lowest BCUT2D eigenvalue weighted by Crippen LogP contribution is -2.42. The second-order valence-electron chi connectivity index (χ2n) is 9.60. The van der Waals surface area contributed by atoms with E-state index in [0.29, 0.717) is 23.9 Å². The number of carbonyl (C=O) groups excluding carboxylic acids is 1. The number of pyridine rings is 1. The molecule has 1 atom stereocenters. The number of hydrogen-bond acceptors (Lipinski definition) is 10. The van der Waals surface area contributed by atoms with Crippen molar-refractivity contribution in [3.05, 3.63) is 58.6 Å². The fraction of sp³-hybridized carbons (Fsp3) is 0.400. The molecule has 10 nitrogen and oxygen atoms in total. The number of ketones is 1. The number of nitrogens with two attached hydrogens (primary N) is 1. The maximum absolute atomic E-state index is 14.1. The third-order valence-corrected chi connectivity index (χ3v) is 9.70. The van der Waals surface area contributed by atoms with E-state index in [1.807, 2.05) is 7.05 Å². The van der Waals surface area contributed by atoms with Gasteiger partial charge in [-0.25, -0.2) is 27.2 Å². The van der Waals surface area contributed by atoms with Gasteiger partial charge in [0.15, 0.2) is 5.13 Å². The van der Waals surface area contributed by atoms with Crippen LogP contribution in [0.25, 0.3) is 0 Å². The monoisotopic (exact) mass is 578 g/mol. The first-order valence-corrected chi connectivity index (χ1v) is 14.7. The van der Waals surface area contributed by atoms with E-state index in [4.69, 9.17) is 10.5 Å². The van der Waals surface area contributed by atoms with Gasteiger partial charge in [-0.15, -0.1) is 0 Å². The number of likely N-dealkylation sites (tertiary alicyclic amines) is 1. The standard InChI is InChI=1S/C25H28F2N6O4S2/c1-32-10-9-16(14-32)37-20-6-5-17(13-29-20)39(35,36)33-11-7-15(8-12-33)30-25-31-24(28)23(38-25)22(34)21-18(26)3-2-4-19(21)27/h2-6,13,15-16H,7-12,14,28H2,1H3,(H,30,31)/t16-/m1/s1. The van der Waals surface area contributed by atoms with Crippen molar-refractivity contribution in [2.75, 3.05) is 44.3 Å². The number of piperidine rings is 1. The Morgan fingerprint density at radius 3 is 2.46 bits per heavy atom. The molecule has 0 amide bonds. The summed E-state index contributed by atoms with van der Waals surface area (Å²) in [6, 6.07) is 6.14. The van der Waals surface area contributed by atoms with Gasteiger partial charge in [-0.3, -0.25) is 4.79 Å². The largest absolute Gasteiger partial charge is 0.473 e. The highest BCUT2D eigenvalue weighted by Crippen LogP contribution is 2.31. The fourth-order valence-electron chi connectivity index (χ4n) is 4.70. The summed E-state index contributed by atoms with van der Waals surface area (Å²) >= 11 is 0.905. The number of benzene rings is 1. The Kier molecular flexibility index (Phi) is 7.80. The van der Waals surface area contributed by atoms with Crippen LogP contribution < -0.4 is 15.8 Å². The predicted octanol–water partition coefficient (Wildman–Crippen LogP) is 2.98. The van der Waals surface area contributed by atoms with Gasteiger partial charge in [0.2, 0.25) is 21.7 Å². The number of carbonyl (C=O) groups is 1. The van der Waals surface area contributed by atoms with Gasteiger partial charge in [-0.2, -0.15) is 4.31 Å². The van der Waals surface area contributed by atoms with Crippen LogP contribution in [-0.2, 0) is 10.0 Å². The number of sulfonamides is 1. The molecule has 2 fully saturated rings. The minimum Gasteiger partial charge on any atom is -0.473 e. The molecule has 2 aliphatic rings. The number of nitrogen functional groups attached to an aromatic ring is 1. The van der Waals surface area contributed by atoms with Crippen molar-refractivity contribution in [1.82, 2.24) is 19.2 Å². The topological polar surface area (TPSA) is 131 Å². The summed E-state index contributed by atoms with van der Waals surface area (Å²) in [6.07, 6.45) is 3.22. The average Bonchev–Trinajstić information content (AvgIpc) is 3.48. The number of aromatic nitrogens is 2. The van der Waals surface area contributed by atoms with Crippen LogP contribution in [0.1, 0.15) is 34.5 Å². The molecule has 1 aromatic carbocycles. The van der Waals surface area contributed by atoms with Crippen LogP contribution in [0.4, 0.5) is 19.7 Å². The molecular formula is C25H28F2N6O4S2. The van der Waals surface area contributed by atoms with Crippen molar-refractivity contribution in [3.8, 4) is 5.88 Å². The summed E-state index contributed by atoms with van der Waals surface area (Å²) in [5.41, 5.74) is 5.20. The number of nitrogens with one attached hydrogen (secondary N) is 1. The SMILES string of the molecule is CN1CC[C@@H](Oc2ccc(S(=O)(=O)N3CCC(Nc4nc(N)c(C(=O)c5c(F)cccc5F)s4)CC3)cn2)C1. The van der Waals surface area contributed by atoms with E-state index in [-0.39, 0.29) is 40.8 Å². The Morgan fingerprint density at radius 2 is 1.85 bits per heavy atom. The fourth-order valence-corrected chi connectivity index (χ4v) is 7.02. The van der Waals surface area contributed by atoms with Crippen LogP contribution in [-0.4, -0.2) is 78.7 Å². The summed E-state index contributed by atoms with van der Waals surface area (Å²) in [5.74, 6) is -2.56. The van der Waals surface area contributed by atoms with Crippen LogP contribution in [0.2, 0.25) is 0 Å². The molecule has 208 valence electrons. The molecule has 4 heterocycles. The van der Waals surface area contributed by atoms with Crippen molar-refractivity contribution in [1.29, 1.82) is 0 Å². The van der Waals surface area contributed by atoms with Gasteiger partial charge in [0.05, 0.1) is 11.8 Å². The molecule has 5 rings (SSSR count). The van der Waals surface area contributed by atoms with Crippen LogP contribution in [0.15, 0.2) is 41.4 Å². The number of thiazole rings is 1. The minimum atomic E-state index is -3.73. The summed E-state index contributed by atoms with van der Waals surface area (Å²) in [4.78, 5) is 23.3. The number of likely N-dealkylation sites (N-methyl/N-ethyl adjacent to an activating group) is 1. The second-order valence-corrected chi connectivity index (χ2v) is 12.5. The van der Waals surface area contributed by atoms with Gasteiger partial charge in [-0.05, 0) is 44.5 Å². The van der Waals surface area contributed by atoms with Crippen molar-refractivity contribution in [3.63, 3.8) is 0 Å². The molecular weight excluding hydrogens is 550 g/mol. The third-order valence-electron chi connectivity index (χ3n) is 6.81. The Morgan fingerprint density at radius 1 is 1.13 bits per heavy atom. The third kappa shape index (κ3) is 5.88. The Labute approximate surface area is 228 Å². The van der Waals surface area contributed by atoms with Gasteiger partial charge in [0.25, 0.3) is 0 Å². The number of anilines is 2.